The van der Waals surface area contributed by atoms with Crippen LogP contribution in [0.25, 0.3) is 10.9 Å². The van der Waals surface area contributed by atoms with Crippen LogP contribution in [-0.2, 0) is 6.42 Å². The molecular weight excluding hydrogens is 401 g/mol. The molecule has 172 valence electrons. The van der Waals surface area contributed by atoms with E-state index < -0.39 is 0 Å². The molecule has 1 N–H and O–H groups in total. The number of hydrogen-bond acceptors (Lipinski definition) is 3. The van der Waals surface area contributed by atoms with E-state index in [1.54, 1.807) is 13.0 Å². The SMILES string of the molecule is CCc1cn(C2CCC(N3CCN(C(/C=C\C(C)=N)=NC)CC3)CC2)c2cccc(F)c12. The Bertz CT molecular complexity index is 1000. The molecule has 1 aliphatic heterocycles. The molecule has 1 aromatic carbocycles. The van der Waals surface area contributed by atoms with Crippen molar-refractivity contribution in [3.63, 3.8) is 0 Å². The van der Waals surface area contributed by atoms with Crippen molar-refractivity contribution in [2.75, 3.05) is 33.2 Å². The quantitative estimate of drug-likeness (QED) is 0.524. The largest absolute Gasteiger partial charge is 0.354 e. The number of halogens is 1. The van der Waals surface area contributed by atoms with Gasteiger partial charge in [0.2, 0.25) is 0 Å². The van der Waals surface area contributed by atoms with Gasteiger partial charge < -0.3 is 14.9 Å². The molecule has 4 rings (SSSR count). The second-order valence-electron chi connectivity index (χ2n) is 9.13. The number of rotatable bonds is 5. The van der Waals surface area contributed by atoms with Crippen LogP contribution >= 0.6 is 0 Å². The van der Waals surface area contributed by atoms with Crippen LogP contribution in [0.3, 0.4) is 0 Å². The molecule has 0 atom stereocenters. The summed E-state index contributed by atoms with van der Waals surface area (Å²) in [6, 6.07) is 6.60. The van der Waals surface area contributed by atoms with Crippen LogP contribution in [0.5, 0.6) is 0 Å². The summed E-state index contributed by atoms with van der Waals surface area (Å²) in [5, 5.41) is 8.41. The van der Waals surface area contributed by atoms with E-state index in [9.17, 15) is 4.39 Å². The van der Waals surface area contributed by atoms with Gasteiger partial charge in [-0.25, -0.2) is 4.39 Å². The summed E-state index contributed by atoms with van der Waals surface area (Å²) in [6.07, 6.45) is 11.5. The lowest BCUT2D eigenvalue weighted by molar-refractivity contribution is 0.0970. The van der Waals surface area contributed by atoms with Gasteiger partial charge in [-0.1, -0.05) is 13.0 Å². The Morgan fingerprint density at radius 2 is 1.78 bits per heavy atom. The summed E-state index contributed by atoms with van der Waals surface area (Å²) in [5.41, 5.74) is 2.72. The zero-order valence-electron chi connectivity index (χ0n) is 19.6. The molecule has 2 fully saturated rings. The van der Waals surface area contributed by atoms with Gasteiger partial charge in [0.1, 0.15) is 11.7 Å². The van der Waals surface area contributed by atoms with Crippen molar-refractivity contribution in [3.05, 3.63) is 47.9 Å². The van der Waals surface area contributed by atoms with Gasteiger partial charge in [-0.3, -0.25) is 9.89 Å². The van der Waals surface area contributed by atoms with Crippen molar-refractivity contribution < 1.29 is 4.39 Å². The highest BCUT2D eigenvalue weighted by Gasteiger charge is 2.30. The fraction of sp³-hybridized carbons (Fsp3) is 0.538. The van der Waals surface area contributed by atoms with Crippen LogP contribution in [0.2, 0.25) is 0 Å². The van der Waals surface area contributed by atoms with Crippen LogP contribution in [-0.4, -0.2) is 65.2 Å². The van der Waals surface area contributed by atoms with Crippen molar-refractivity contribution in [2.45, 2.75) is 58.0 Å². The van der Waals surface area contributed by atoms with E-state index in [-0.39, 0.29) is 5.82 Å². The molecule has 1 aliphatic carbocycles. The van der Waals surface area contributed by atoms with Crippen molar-refractivity contribution in [2.24, 2.45) is 4.99 Å². The maximum absolute atomic E-state index is 14.5. The van der Waals surface area contributed by atoms with Gasteiger partial charge in [0.25, 0.3) is 0 Å². The van der Waals surface area contributed by atoms with E-state index in [4.69, 9.17) is 5.41 Å². The lowest BCUT2D eigenvalue weighted by Gasteiger charge is -2.42. The van der Waals surface area contributed by atoms with Gasteiger partial charge in [-0.05, 0) is 68.9 Å². The molecule has 32 heavy (non-hydrogen) atoms. The Hall–Kier alpha value is -2.47. The van der Waals surface area contributed by atoms with Crippen LogP contribution in [0.15, 0.2) is 41.5 Å². The minimum absolute atomic E-state index is 0.0923. The number of aromatic nitrogens is 1. The van der Waals surface area contributed by atoms with Gasteiger partial charge in [-0.2, -0.15) is 0 Å². The number of nitrogens with zero attached hydrogens (tertiary/aromatic N) is 4. The van der Waals surface area contributed by atoms with Gasteiger partial charge in [0, 0.05) is 62.6 Å². The number of allylic oxidation sites excluding steroid dienone is 1. The summed E-state index contributed by atoms with van der Waals surface area (Å²) in [5.74, 6) is 0.878. The standard InChI is InChI=1S/C26H36FN5/c1-4-20-18-32(24-7-5-6-23(27)26(20)24)22-11-9-21(10-12-22)30-14-16-31(17-15-30)25(29-3)13-8-19(2)28/h5-8,13,18,21-22,28H,4,9-12,14-17H2,1-3H3/b13-8-,28-19?,29-25?. The summed E-state index contributed by atoms with van der Waals surface area (Å²) < 4.78 is 16.8. The number of amidine groups is 1. The van der Waals surface area contributed by atoms with Gasteiger partial charge in [0.15, 0.2) is 0 Å². The molecule has 1 saturated heterocycles. The second kappa shape index (κ2) is 9.99. The number of hydrogen-bond donors (Lipinski definition) is 1. The summed E-state index contributed by atoms with van der Waals surface area (Å²) >= 11 is 0. The van der Waals surface area contributed by atoms with Gasteiger partial charge >= 0.3 is 0 Å². The first kappa shape index (κ1) is 22.7. The zero-order chi connectivity index (χ0) is 22.7. The van der Waals surface area contributed by atoms with Crippen molar-refractivity contribution in [3.8, 4) is 0 Å². The molecule has 6 heteroatoms. The second-order valence-corrected chi connectivity index (χ2v) is 9.13. The number of benzene rings is 1. The highest BCUT2D eigenvalue weighted by atomic mass is 19.1. The topological polar surface area (TPSA) is 47.6 Å². The predicted molar refractivity (Wildman–Crippen MR) is 132 cm³/mol. The molecular formula is C26H36FN5. The molecule has 2 heterocycles. The van der Waals surface area contributed by atoms with Crippen molar-refractivity contribution in [1.29, 1.82) is 5.41 Å². The van der Waals surface area contributed by atoms with E-state index in [2.05, 4.69) is 38.5 Å². The number of nitrogens with one attached hydrogen (secondary N) is 1. The molecule has 0 unspecified atom stereocenters. The van der Waals surface area contributed by atoms with E-state index >= 15 is 0 Å². The van der Waals surface area contributed by atoms with E-state index in [1.165, 1.54) is 12.8 Å². The minimum Gasteiger partial charge on any atom is -0.354 e. The maximum Gasteiger partial charge on any atom is 0.132 e. The predicted octanol–water partition coefficient (Wildman–Crippen LogP) is 5.07. The number of aryl methyl sites for hydroxylation is 1. The Morgan fingerprint density at radius 3 is 2.41 bits per heavy atom. The third-order valence-corrected chi connectivity index (χ3v) is 7.19. The first-order valence-electron chi connectivity index (χ1n) is 12.0. The van der Waals surface area contributed by atoms with E-state index in [0.29, 0.717) is 17.8 Å². The molecule has 2 aromatic rings. The van der Waals surface area contributed by atoms with E-state index in [0.717, 1.165) is 67.7 Å². The highest BCUT2D eigenvalue weighted by molar-refractivity contribution is 6.00. The third kappa shape index (κ3) is 4.65. The normalized spacial score (nSPS) is 23.4. The number of fused-ring (bicyclic) bond motifs is 1. The van der Waals surface area contributed by atoms with Crippen LogP contribution in [0.4, 0.5) is 4.39 Å². The monoisotopic (exact) mass is 437 g/mol. The average molecular weight is 438 g/mol. The Labute approximate surface area is 191 Å². The molecule has 1 aromatic heterocycles. The Morgan fingerprint density at radius 1 is 1.09 bits per heavy atom. The summed E-state index contributed by atoms with van der Waals surface area (Å²) in [6.45, 7) is 7.98. The molecule has 2 aliphatic rings. The summed E-state index contributed by atoms with van der Waals surface area (Å²) in [7, 11) is 1.83. The van der Waals surface area contributed by atoms with Crippen molar-refractivity contribution >= 4 is 22.5 Å². The first-order valence-corrected chi connectivity index (χ1v) is 12.0. The molecule has 0 radical (unpaired) electrons. The number of piperazine rings is 1. The number of aliphatic imine (C=N–C) groups is 1. The summed E-state index contributed by atoms with van der Waals surface area (Å²) in [4.78, 5) is 9.39. The molecule has 0 spiro atoms. The fourth-order valence-electron chi connectivity index (χ4n) is 5.46. The van der Waals surface area contributed by atoms with Crippen LogP contribution in [0, 0.1) is 11.2 Å². The van der Waals surface area contributed by atoms with Crippen LogP contribution < -0.4 is 0 Å². The molecule has 5 nitrogen and oxygen atoms in total. The highest BCUT2D eigenvalue weighted by Crippen LogP contribution is 2.36. The smallest absolute Gasteiger partial charge is 0.132 e. The van der Waals surface area contributed by atoms with Gasteiger partial charge in [-0.15, -0.1) is 0 Å². The van der Waals surface area contributed by atoms with Crippen LogP contribution in [0.1, 0.15) is 51.1 Å². The zero-order valence-corrected chi connectivity index (χ0v) is 19.6. The van der Waals surface area contributed by atoms with Crippen molar-refractivity contribution in [1.82, 2.24) is 14.4 Å². The Kier molecular flexibility index (Phi) is 7.09. The molecule has 0 amide bonds. The maximum atomic E-state index is 14.5. The fourth-order valence-corrected chi connectivity index (χ4v) is 5.46. The van der Waals surface area contributed by atoms with Gasteiger partial charge in [0.05, 0.1) is 5.52 Å². The Balaban J connectivity index is 1.36. The van der Waals surface area contributed by atoms with E-state index in [1.807, 2.05) is 25.3 Å². The third-order valence-electron chi connectivity index (χ3n) is 7.19. The lowest BCUT2D eigenvalue weighted by Crippen LogP contribution is -2.52. The minimum atomic E-state index is -0.0923. The average Bonchev–Trinajstić information content (AvgIpc) is 3.20. The molecule has 0 bridgehead atoms. The lowest BCUT2D eigenvalue weighted by atomic mass is 9.89. The first-order chi connectivity index (χ1) is 15.5. The molecule has 1 saturated carbocycles.